The highest BCUT2D eigenvalue weighted by Gasteiger charge is 2.17. The number of nitrogens with two attached hydrogens (primary N) is 1. The summed E-state index contributed by atoms with van der Waals surface area (Å²) >= 11 is 0. The second kappa shape index (κ2) is 4.38. The van der Waals surface area contributed by atoms with Crippen LogP contribution in [0.3, 0.4) is 0 Å². The highest BCUT2D eigenvalue weighted by atomic mass is 19.1. The lowest BCUT2D eigenvalue weighted by molar-refractivity contribution is 0.637. The van der Waals surface area contributed by atoms with Crippen molar-refractivity contribution in [2.24, 2.45) is 0 Å². The topological polar surface area (TPSA) is 72.5 Å². The molecule has 0 amide bonds. The number of hydrogen-bond donors (Lipinski definition) is 2. The van der Waals surface area contributed by atoms with Crippen molar-refractivity contribution in [1.82, 2.24) is 19.7 Å². The lowest BCUT2D eigenvalue weighted by Crippen LogP contribution is -2.00. The number of nitrogens with zero attached hydrogens (tertiary/aromatic N) is 3. The molecule has 1 aromatic carbocycles. The fourth-order valence-electron chi connectivity index (χ4n) is 2.24. The fourth-order valence-corrected chi connectivity index (χ4v) is 2.24. The van der Waals surface area contributed by atoms with Crippen molar-refractivity contribution in [1.29, 1.82) is 0 Å². The molecule has 5 nitrogen and oxygen atoms in total. The van der Waals surface area contributed by atoms with E-state index in [1.165, 1.54) is 6.07 Å². The number of nitrogen functional groups attached to an aromatic ring is 1. The van der Waals surface area contributed by atoms with E-state index in [4.69, 9.17) is 5.73 Å². The van der Waals surface area contributed by atoms with Gasteiger partial charge in [-0.25, -0.2) is 9.37 Å². The highest BCUT2D eigenvalue weighted by molar-refractivity contribution is 5.83. The lowest BCUT2D eigenvalue weighted by Gasteiger charge is -2.06. The normalized spacial score (nSPS) is 11.3. The molecular weight excluding hydrogens is 245 g/mol. The Morgan fingerprint density at radius 2 is 2.26 bits per heavy atom. The Morgan fingerprint density at radius 1 is 1.42 bits per heavy atom. The van der Waals surface area contributed by atoms with E-state index in [1.54, 1.807) is 12.3 Å². The standard InChI is InChI=1S/C13H14FN5/c1-2-6-19-10-5-3-4-9(14)11(10)17-13(19)8-7-16-18-12(8)15/h3-5,7H,2,6H2,1H3,(H3,15,16,18). The summed E-state index contributed by atoms with van der Waals surface area (Å²) in [5.41, 5.74) is 7.67. The number of nitrogens with one attached hydrogen (secondary N) is 1. The van der Waals surface area contributed by atoms with Gasteiger partial charge in [0.25, 0.3) is 0 Å². The van der Waals surface area contributed by atoms with Crippen LogP contribution in [0.15, 0.2) is 24.4 Å². The van der Waals surface area contributed by atoms with Gasteiger partial charge >= 0.3 is 0 Å². The van der Waals surface area contributed by atoms with Crippen molar-refractivity contribution in [3.63, 3.8) is 0 Å². The molecular formula is C13H14FN5. The summed E-state index contributed by atoms with van der Waals surface area (Å²) in [6.45, 7) is 2.81. The van der Waals surface area contributed by atoms with Crippen molar-refractivity contribution in [2.75, 3.05) is 5.73 Å². The summed E-state index contributed by atoms with van der Waals surface area (Å²) in [5, 5.41) is 6.57. The Hall–Kier alpha value is -2.37. The van der Waals surface area contributed by atoms with Crippen LogP contribution in [0.5, 0.6) is 0 Å². The molecule has 0 atom stereocenters. The van der Waals surface area contributed by atoms with Crippen molar-refractivity contribution in [3.05, 3.63) is 30.2 Å². The van der Waals surface area contributed by atoms with Gasteiger partial charge in [0.2, 0.25) is 0 Å². The molecule has 19 heavy (non-hydrogen) atoms. The molecule has 98 valence electrons. The van der Waals surface area contributed by atoms with Gasteiger partial charge in [-0.2, -0.15) is 5.10 Å². The van der Waals surface area contributed by atoms with E-state index in [9.17, 15) is 4.39 Å². The number of halogens is 1. The largest absolute Gasteiger partial charge is 0.383 e. The van der Waals surface area contributed by atoms with Gasteiger partial charge in [-0.15, -0.1) is 0 Å². The maximum absolute atomic E-state index is 13.8. The van der Waals surface area contributed by atoms with Crippen LogP contribution >= 0.6 is 0 Å². The van der Waals surface area contributed by atoms with Crippen LogP contribution in [-0.2, 0) is 6.54 Å². The zero-order valence-electron chi connectivity index (χ0n) is 10.5. The molecule has 0 aliphatic heterocycles. The Labute approximate surface area is 109 Å². The maximum atomic E-state index is 13.8. The minimum Gasteiger partial charge on any atom is -0.383 e. The summed E-state index contributed by atoms with van der Waals surface area (Å²) < 4.78 is 15.8. The fraction of sp³-hybridized carbons (Fsp3) is 0.231. The Bertz CT molecular complexity index is 728. The summed E-state index contributed by atoms with van der Waals surface area (Å²) in [4.78, 5) is 4.38. The molecule has 0 fully saturated rings. The molecule has 0 saturated carbocycles. The van der Waals surface area contributed by atoms with Crippen LogP contribution in [0.25, 0.3) is 22.4 Å². The van der Waals surface area contributed by atoms with E-state index in [-0.39, 0.29) is 5.82 Å². The number of imidazole rings is 1. The van der Waals surface area contributed by atoms with E-state index in [1.807, 2.05) is 10.6 Å². The van der Waals surface area contributed by atoms with Crippen LogP contribution in [0.4, 0.5) is 10.2 Å². The van der Waals surface area contributed by atoms with Crippen molar-refractivity contribution in [3.8, 4) is 11.4 Å². The average Bonchev–Trinajstić information content (AvgIpc) is 2.95. The molecule has 0 spiro atoms. The van der Waals surface area contributed by atoms with Crippen LogP contribution in [0.1, 0.15) is 13.3 Å². The number of para-hydroxylation sites is 1. The van der Waals surface area contributed by atoms with Crippen molar-refractivity contribution >= 4 is 16.9 Å². The van der Waals surface area contributed by atoms with Crippen LogP contribution in [0, 0.1) is 5.82 Å². The number of fused-ring (bicyclic) bond motifs is 1. The van der Waals surface area contributed by atoms with E-state index >= 15 is 0 Å². The van der Waals surface area contributed by atoms with E-state index in [2.05, 4.69) is 22.1 Å². The van der Waals surface area contributed by atoms with Crippen LogP contribution in [0.2, 0.25) is 0 Å². The molecule has 2 heterocycles. The number of hydrogen-bond acceptors (Lipinski definition) is 3. The third kappa shape index (κ3) is 1.76. The zero-order chi connectivity index (χ0) is 13.4. The van der Waals surface area contributed by atoms with E-state index in [0.29, 0.717) is 22.7 Å². The minimum absolute atomic E-state index is 0.323. The van der Waals surface area contributed by atoms with Gasteiger partial charge < -0.3 is 10.3 Å². The Kier molecular flexibility index (Phi) is 2.70. The molecule has 0 saturated heterocycles. The maximum Gasteiger partial charge on any atom is 0.151 e. The number of H-pyrrole nitrogens is 1. The third-order valence-electron chi connectivity index (χ3n) is 3.09. The highest BCUT2D eigenvalue weighted by Crippen LogP contribution is 2.28. The summed E-state index contributed by atoms with van der Waals surface area (Å²) in [5.74, 6) is 0.761. The molecule has 3 N–H and O–H groups in total. The number of aromatic amines is 1. The van der Waals surface area contributed by atoms with Crippen LogP contribution < -0.4 is 5.73 Å². The van der Waals surface area contributed by atoms with Crippen LogP contribution in [-0.4, -0.2) is 19.7 Å². The smallest absolute Gasteiger partial charge is 0.151 e. The third-order valence-corrected chi connectivity index (χ3v) is 3.09. The summed E-state index contributed by atoms with van der Waals surface area (Å²) in [6, 6.07) is 4.96. The van der Waals surface area contributed by atoms with Gasteiger partial charge in [0.15, 0.2) is 5.82 Å². The molecule has 0 unspecified atom stereocenters. The molecule has 0 aliphatic carbocycles. The van der Waals surface area contributed by atoms with Gasteiger partial charge in [-0.3, -0.25) is 5.10 Å². The second-order valence-corrected chi connectivity index (χ2v) is 4.39. The summed E-state index contributed by atoms with van der Waals surface area (Å²) in [7, 11) is 0. The first-order valence-corrected chi connectivity index (χ1v) is 6.16. The number of benzene rings is 1. The molecule has 3 aromatic rings. The number of rotatable bonds is 3. The Morgan fingerprint density at radius 3 is 2.95 bits per heavy atom. The predicted molar refractivity (Wildman–Crippen MR) is 72.0 cm³/mol. The SMILES string of the molecule is CCCn1c(-c2cn[nH]c2N)nc2c(F)cccc21. The van der Waals surface area contributed by atoms with Gasteiger partial charge in [0.05, 0.1) is 17.3 Å². The van der Waals surface area contributed by atoms with Gasteiger partial charge in [0, 0.05) is 6.54 Å². The zero-order valence-corrected chi connectivity index (χ0v) is 10.5. The van der Waals surface area contributed by atoms with Gasteiger partial charge in [0.1, 0.15) is 17.2 Å². The Balaban J connectivity index is 2.32. The van der Waals surface area contributed by atoms with E-state index < -0.39 is 0 Å². The van der Waals surface area contributed by atoms with Gasteiger partial charge in [-0.1, -0.05) is 13.0 Å². The molecule has 6 heteroatoms. The monoisotopic (exact) mass is 259 g/mol. The molecule has 2 aromatic heterocycles. The first-order chi connectivity index (χ1) is 9.22. The van der Waals surface area contributed by atoms with Crippen molar-refractivity contribution in [2.45, 2.75) is 19.9 Å². The van der Waals surface area contributed by atoms with Gasteiger partial charge in [-0.05, 0) is 18.6 Å². The number of aryl methyl sites for hydroxylation is 1. The minimum atomic E-state index is -0.323. The van der Waals surface area contributed by atoms with E-state index in [0.717, 1.165) is 18.5 Å². The summed E-state index contributed by atoms with van der Waals surface area (Å²) in [6.07, 6.45) is 2.54. The van der Waals surface area contributed by atoms with Crippen molar-refractivity contribution < 1.29 is 4.39 Å². The first kappa shape index (κ1) is 11.7. The molecule has 0 aliphatic rings. The molecule has 3 rings (SSSR count). The first-order valence-electron chi connectivity index (χ1n) is 6.16. The molecule has 0 bridgehead atoms. The lowest BCUT2D eigenvalue weighted by atomic mass is 10.3. The second-order valence-electron chi connectivity index (χ2n) is 4.39. The average molecular weight is 259 g/mol. The predicted octanol–water partition coefficient (Wildman–Crippen LogP) is 2.56. The number of anilines is 1. The number of aromatic nitrogens is 4. The quantitative estimate of drug-likeness (QED) is 0.759. The molecule has 0 radical (unpaired) electrons.